The van der Waals surface area contributed by atoms with Crippen molar-refractivity contribution in [3.05, 3.63) is 94.6 Å². The minimum Gasteiger partial charge on any atom is -0.508 e. The monoisotopic (exact) mass is 429 g/mol. The molecular weight excluding hydrogens is 406 g/mol. The topological polar surface area (TPSA) is 87.1 Å². The van der Waals surface area contributed by atoms with Gasteiger partial charge in [-0.1, -0.05) is 36.4 Å². The van der Waals surface area contributed by atoms with Crippen LogP contribution in [0.25, 0.3) is 5.76 Å². The van der Waals surface area contributed by atoms with Crippen LogP contribution in [0.15, 0.2) is 72.3 Å². The quantitative estimate of drug-likeness (QED) is 0.358. The minimum atomic E-state index is -0.921. The largest absolute Gasteiger partial charge is 0.508 e. The lowest BCUT2D eigenvalue weighted by Crippen LogP contribution is -2.29. The number of nitrogens with zero attached hydrogens (tertiary/aromatic N) is 1. The molecule has 0 bridgehead atoms. The number of para-hydroxylation sites is 1. The second-order valence-electron chi connectivity index (χ2n) is 7.76. The second-order valence-corrected chi connectivity index (χ2v) is 7.76. The number of aryl methyl sites for hydroxylation is 2. The number of amides is 1. The molecule has 0 aromatic heterocycles. The lowest BCUT2D eigenvalue weighted by Gasteiger charge is -2.25. The normalized spacial score (nSPS) is 17.6. The number of aliphatic hydroxyl groups excluding tert-OH is 1. The Morgan fingerprint density at radius 3 is 2.34 bits per heavy atom. The number of hydrogen-bond donors (Lipinski definition) is 2. The van der Waals surface area contributed by atoms with Crippen LogP contribution >= 0.6 is 0 Å². The van der Waals surface area contributed by atoms with Gasteiger partial charge in [-0.3, -0.25) is 14.5 Å². The zero-order valence-electron chi connectivity index (χ0n) is 18.0. The number of phenolic OH excluding ortho intramolecular Hbond substituents is 1. The first-order chi connectivity index (χ1) is 15.3. The predicted molar refractivity (Wildman–Crippen MR) is 122 cm³/mol. The van der Waals surface area contributed by atoms with E-state index in [1.807, 2.05) is 26.0 Å². The number of carbonyl (C=O) groups excluding carboxylic acids is 2. The Bertz CT molecular complexity index is 1250. The molecule has 0 aliphatic carbocycles. The minimum absolute atomic E-state index is 0.00914. The fourth-order valence-corrected chi connectivity index (χ4v) is 4.24. The zero-order chi connectivity index (χ0) is 23.0. The molecule has 6 heteroatoms. The first-order valence-electron chi connectivity index (χ1n) is 10.1. The lowest BCUT2D eigenvalue weighted by atomic mass is 9.93. The molecule has 162 valence electrons. The maximum absolute atomic E-state index is 13.2. The summed E-state index contributed by atoms with van der Waals surface area (Å²) in [6.07, 6.45) is 0. The maximum Gasteiger partial charge on any atom is 0.300 e. The van der Waals surface area contributed by atoms with Gasteiger partial charge in [-0.25, -0.2) is 0 Å². The Kier molecular flexibility index (Phi) is 5.45. The van der Waals surface area contributed by atoms with Crippen molar-refractivity contribution in [2.75, 3.05) is 12.0 Å². The summed E-state index contributed by atoms with van der Waals surface area (Å²) in [4.78, 5) is 27.7. The van der Waals surface area contributed by atoms with Crippen LogP contribution in [0.1, 0.15) is 28.3 Å². The van der Waals surface area contributed by atoms with Crippen molar-refractivity contribution in [1.82, 2.24) is 0 Å². The van der Waals surface area contributed by atoms with Crippen molar-refractivity contribution in [2.24, 2.45) is 0 Å². The van der Waals surface area contributed by atoms with E-state index in [0.717, 1.165) is 11.1 Å². The summed E-state index contributed by atoms with van der Waals surface area (Å²) in [5.41, 5.74) is 2.94. The highest BCUT2D eigenvalue weighted by Gasteiger charge is 2.47. The number of rotatable bonds is 4. The van der Waals surface area contributed by atoms with Crippen LogP contribution in [-0.4, -0.2) is 29.0 Å². The summed E-state index contributed by atoms with van der Waals surface area (Å²) in [6, 6.07) is 17.8. The molecule has 1 atom stereocenters. The molecular formula is C26H23NO5. The summed E-state index contributed by atoms with van der Waals surface area (Å²) in [5.74, 6) is -1.46. The van der Waals surface area contributed by atoms with Gasteiger partial charge >= 0.3 is 0 Å². The molecule has 32 heavy (non-hydrogen) atoms. The molecule has 1 amide bonds. The van der Waals surface area contributed by atoms with E-state index in [1.165, 1.54) is 24.1 Å². The van der Waals surface area contributed by atoms with E-state index in [2.05, 4.69) is 0 Å². The highest BCUT2D eigenvalue weighted by Crippen LogP contribution is 2.44. The van der Waals surface area contributed by atoms with Crippen LogP contribution < -0.4 is 9.64 Å². The highest BCUT2D eigenvalue weighted by atomic mass is 16.5. The first-order valence-corrected chi connectivity index (χ1v) is 10.1. The number of aromatic hydroxyl groups is 1. The molecule has 2 N–H and O–H groups in total. The predicted octanol–water partition coefficient (Wildman–Crippen LogP) is 4.64. The van der Waals surface area contributed by atoms with Crippen LogP contribution in [0, 0.1) is 13.8 Å². The Morgan fingerprint density at radius 2 is 1.69 bits per heavy atom. The average molecular weight is 429 g/mol. The number of hydrogen-bond acceptors (Lipinski definition) is 5. The molecule has 0 saturated carbocycles. The lowest BCUT2D eigenvalue weighted by molar-refractivity contribution is -0.132. The molecule has 1 aliphatic heterocycles. The van der Waals surface area contributed by atoms with Crippen molar-refractivity contribution < 1.29 is 24.5 Å². The summed E-state index contributed by atoms with van der Waals surface area (Å²) in [5, 5.41) is 21.4. The van der Waals surface area contributed by atoms with Gasteiger partial charge in [0.1, 0.15) is 17.3 Å². The number of aliphatic hydroxyl groups is 1. The molecule has 1 saturated heterocycles. The maximum atomic E-state index is 13.2. The SMILES string of the molecule is COc1c(C)cc(C)cc1/C(O)=C1\C(=O)C(=O)N(c2ccccc2)C1c1cccc(O)c1. The number of methoxy groups -OCH3 is 1. The molecule has 6 nitrogen and oxygen atoms in total. The third-order valence-electron chi connectivity index (χ3n) is 5.54. The van der Waals surface area contributed by atoms with Crippen LogP contribution in [0.5, 0.6) is 11.5 Å². The van der Waals surface area contributed by atoms with Crippen LogP contribution in [0.4, 0.5) is 5.69 Å². The molecule has 1 fully saturated rings. The number of carbonyl (C=O) groups is 2. The third-order valence-corrected chi connectivity index (χ3v) is 5.54. The van der Waals surface area contributed by atoms with Gasteiger partial charge in [0.2, 0.25) is 0 Å². The van der Waals surface area contributed by atoms with Crippen LogP contribution in [0.3, 0.4) is 0 Å². The third kappa shape index (κ3) is 3.50. The molecule has 3 aromatic carbocycles. The molecule has 1 unspecified atom stereocenters. The summed E-state index contributed by atoms with van der Waals surface area (Å²) in [6.45, 7) is 3.72. The van der Waals surface area contributed by atoms with Gasteiger partial charge in [-0.2, -0.15) is 0 Å². The number of benzene rings is 3. The first kappa shape index (κ1) is 21.2. The van der Waals surface area contributed by atoms with E-state index in [1.54, 1.807) is 42.5 Å². The Labute approximate surface area is 186 Å². The highest BCUT2D eigenvalue weighted by molar-refractivity contribution is 6.51. The van der Waals surface area contributed by atoms with Crippen molar-refractivity contribution in [3.63, 3.8) is 0 Å². The molecule has 3 aromatic rings. The van der Waals surface area contributed by atoms with Gasteiger partial charge in [-0.15, -0.1) is 0 Å². The van der Waals surface area contributed by atoms with Gasteiger partial charge in [0.15, 0.2) is 0 Å². The van der Waals surface area contributed by atoms with Crippen molar-refractivity contribution in [1.29, 1.82) is 0 Å². The molecule has 0 radical (unpaired) electrons. The standard InChI is InChI=1S/C26H23NO5/c1-15-12-16(2)25(32-3)20(13-15)23(29)21-22(17-8-7-11-19(28)14-17)27(26(31)24(21)30)18-9-5-4-6-10-18/h4-14,22,28-29H,1-3H3/b23-21+. The number of ether oxygens (including phenoxy) is 1. The second kappa shape index (κ2) is 8.23. The molecule has 1 heterocycles. The molecule has 1 aliphatic rings. The van der Waals surface area contributed by atoms with E-state index in [4.69, 9.17) is 4.74 Å². The summed E-state index contributed by atoms with van der Waals surface area (Å²) in [7, 11) is 1.49. The Morgan fingerprint density at radius 1 is 0.969 bits per heavy atom. The average Bonchev–Trinajstić information content (AvgIpc) is 3.04. The van der Waals surface area contributed by atoms with Crippen molar-refractivity contribution in [3.8, 4) is 11.5 Å². The van der Waals surface area contributed by atoms with Gasteiger partial charge in [-0.05, 0) is 60.9 Å². The smallest absolute Gasteiger partial charge is 0.300 e. The number of Topliss-reactive ketones (excluding diaryl/α,β-unsaturated/α-hetero) is 1. The fraction of sp³-hybridized carbons (Fsp3) is 0.154. The van der Waals surface area contributed by atoms with Crippen LogP contribution in [-0.2, 0) is 9.59 Å². The van der Waals surface area contributed by atoms with Gasteiger partial charge in [0, 0.05) is 5.69 Å². The van der Waals surface area contributed by atoms with E-state index in [-0.39, 0.29) is 17.1 Å². The summed E-state index contributed by atoms with van der Waals surface area (Å²) >= 11 is 0. The number of phenols is 1. The van der Waals surface area contributed by atoms with E-state index >= 15 is 0 Å². The molecule has 0 spiro atoms. The zero-order valence-corrected chi connectivity index (χ0v) is 18.0. The van der Waals surface area contributed by atoms with E-state index in [0.29, 0.717) is 22.6 Å². The van der Waals surface area contributed by atoms with Crippen molar-refractivity contribution >= 4 is 23.1 Å². The van der Waals surface area contributed by atoms with E-state index in [9.17, 15) is 19.8 Å². The van der Waals surface area contributed by atoms with Gasteiger partial charge in [0.25, 0.3) is 11.7 Å². The van der Waals surface area contributed by atoms with Gasteiger partial charge < -0.3 is 14.9 Å². The van der Waals surface area contributed by atoms with E-state index < -0.39 is 17.7 Å². The van der Waals surface area contributed by atoms with Crippen LogP contribution in [0.2, 0.25) is 0 Å². The Balaban J connectivity index is 2.02. The Hall–Kier alpha value is -4.06. The fourth-order valence-electron chi connectivity index (χ4n) is 4.24. The van der Waals surface area contributed by atoms with Gasteiger partial charge in [0.05, 0.1) is 24.3 Å². The number of anilines is 1. The molecule has 4 rings (SSSR count). The number of ketones is 1. The summed E-state index contributed by atoms with van der Waals surface area (Å²) < 4.78 is 5.50. The van der Waals surface area contributed by atoms with Crippen molar-refractivity contribution in [2.45, 2.75) is 19.9 Å².